The fourth-order valence-corrected chi connectivity index (χ4v) is 4.45. The van der Waals surface area contributed by atoms with Gasteiger partial charge in [-0.15, -0.1) is 22.7 Å². The SMILES string of the molecule is Cc1nc(N(C)C2=CC(=O)NC2=O)c2c(-c3cccs3)csc2n1. The van der Waals surface area contributed by atoms with Crippen molar-refractivity contribution in [3.63, 3.8) is 0 Å². The summed E-state index contributed by atoms with van der Waals surface area (Å²) in [5.74, 6) is 0.417. The predicted octanol–water partition coefficient (Wildman–Crippen LogP) is 2.70. The minimum atomic E-state index is -0.417. The maximum absolute atomic E-state index is 12.0. The van der Waals surface area contributed by atoms with E-state index in [1.54, 1.807) is 34.6 Å². The van der Waals surface area contributed by atoms with Crippen molar-refractivity contribution in [1.29, 1.82) is 0 Å². The molecule has 3 aromatic rings. The number of aryl methyl sites for hydroxylation is 1. The van der Waals surface area contributed by atoms with Crippen molar-refractivity contribution >= 4 is 50.5 Å². The zero-order valence-electron chi connectivity index (χ0n) is 12.9. The summed E-state index contributed by atoms with van der Waals surface area (Å²) in [6, 6.07) is 4.04. The summed E-state index contributed by atoms with van der Waals surface area (Å²) in [6.45, 7) is 1.82. The van der Waals surface area contributed by atoms with Crippen molar-refractivity contribution < 1.29 is 9.59 Å². The van der Waals surface area contributed by atoms with E-state index < -0.39 is 11.8 Å². The first-order valence-electron chi connectivity index (χ1n) is 7.15. The van der Waals surface area contributed by atoms with E-state index in [4.69, 9.17) is 0 Å². The molecule has 0 spiro atoms. The Labute approximate surface area is 145 Å². The molecule has 4 heterocycles. The molecule has 0 saturated heterocycles. The van der Waals surface area contributed by atoms with Gasteiger partial charge in [0.25, 0.3) is 11.8 Å². The third kappa shape index (κ3) is 2.31. The normalized spacial score (nSPS) is 14.2. The van der Waals surface area contributed by atoms with E-state index in [9.17, 15) is 9.59 Å². The molecule has 120 valence electrons. The monoisotopic (exact) mass is 356 g/mol. The lowest BCUT2D eigenvalue weighted by Crippen LogP contribution is -2.29. The van der Waals surface area contributed by atoms with Crippen molar-refractivity contribution in [2.75, 3.05) is 11.9 Å². The second kappa shape index (κ2) is 5.50. The van der Waals surface area contributed by atoms with Crippen LogP contribution < -0.4 is 10.2 Å². The van der Waals surface area contributed by atoms with Crippen molar-refractivity contribution in [2.45, 2.75) is 6.92 Å². The third-order valence-corrected chi connectivity index (χ3v) is 5.50. The Morgan fingerprint density at radius 3 is 2.71 bits per heavy atom. The number of carbonyl (C=O) groups excluding carboxylic acids is 2. The molecule has 8 heteroatoms. The van der Waals surface area contributed by atoms with Gasteiger partial charge in [0.05, 0.1) is 5.39 Å². The van der Waals surface area contributed by atoms with Gasteiger partial charge in [0.2, 0.25) is 0 Å². The number of nitrogens with zero attached hydrogens (tertiary/aromatic N) is 3. The van der Waals surface area contributed by atoms with Crippen LogP contribution in [0.4, 0.5) is 5.82 Å². The Hall–Kier alpha value is -2.58. The average molecular weight is 356 g/mol. The Balaban J connectivity index is 1.94. The summed E-state index contributed by atoms with van der Waals surface area (Å²) in [5, 5.41) is 7.23. The minimum Gasteiger partial charge on any atom is -0.324 e. The third-order valence-electron chi connectivity index (χ3n) is 3.73. The zero-order chi connectivity index (χ0) is 16.8. The number of nitrogens with one attached hydrogen (secondary N) is 1. The van der Waals surface area contributed by atoms with Gasteiger partial charge in [0.15, 0.2) is 0 Å². The van der Waals surface area contributed by atoms with Gasteiger partial charge < -0.3 is 4.90 Å². The fraction of sp³-hybridized carbons (Fsp3) is 0.125. The molecule has 6 nitrogen and oxygen atoms in total. The molecule has 0 unspecified atom stereocenters. The molecule has 1 aliphatic heterocycles. The first-order valence-corrected chi connectivity index (χ1v) is 8.91. The van der Waals surface area contributed by atoms with E-state index in [1.165, 1.54) is 6.08 Å². The zero-order valence-corrected chi connectivity index (χ0v) is 14.5. The lowest BCUT2D eigenvalue weighted by molar-refractivity contribution is -0.123. The highest BCUT2D eigenvalue weighted by molar-refractivity contribution is 7.18. The van der Waals surface area contributed by atoms with Crippen LogP contribution in [0.3, 0.4) is 0 Å². The number of likely N-dealkylation sites (N-methyl/N-ethyl adjacent to an activating group) is 1. The molecule has 4 rings (SSSR count). The van der Waals surface area contributed by atoms with E-state index in [0.29, 0.717) is 11.6 Å². The van der Waals surface area contributed by atoms with Crippen molar-refractivity contribution in [3.8, 4) is 10.4 Å². The summed E-state index contributed by atoms with van der Waals surface area (Å²) >= 11 is 3.18. The van der Waals surface area contributed by atoms with Gasteiger partial charge >= 0.3 is 0 Å². The molecule has 0 atom stereocenters. The lowest BCUT2D eigenvalue weighted by atomic mass is 10.2. The average Bonchev–Trinajstić information content (AvgIpc) is 3.24. The van der Waals surface area contributed by atoms with Crippen LogP contribution in [0.15, 0.2) is 34.7 Å². The summed E-state index contributed by atoms with van der Waals surface area (Å²) in [6.07, 6.45) is 1.29. The van der Waals surface area contributed by atoms with E-state index in [-0.39, 0.29) is 5.70 Å². The molecule has 0 aliphatic carbocycles. The molecule has 2 amide bonds. The summed E-state index contributed by atoms with van der Waals surface area (Å²) < 4.78 is 0. The molecule has 3 aromatic heterocycles. The first-order chi connectivity index (χ1) is 11.5. The van der Waals surface area contributed by atoms with Gasteiger partial charge in [-0.2, -0.15) is 0 Å². The van der Waals surface area contributed by atoms with Crippen LogP contribution in [0.2, 0.25) is 0 Å². The smallest absolute Gasteiger partial charge is 0.274 e. The standard InChI is InChI=1S/C16H12N4O2S2/c1-8-17-14(20(2)10-6-12(21)19-15(10)22)13-9(7-24-16(13)18-8)11-4-3-5-23-11/h3-7H,1-2H3,(H,19,21,22). The highest BCUT2D eigenvalue weighted by atomic mass is 32.1. The van der Waals surface area contributed by atoms with Gasteiger partial charge in [-0.05, 0) is 18.4 Å². The second-order valence-corrected chi connectivity index (χ2v) is 7.11. The van der Waals surface area contributed by atoms with Crippen LogP contribution in [0, 0.1) is 6.92 Å². The molecule has 0 aromatic carbocycles. The molecule has 1 N–H and O–H groups in total. The van der Waals surface area contributed by atoms with E-state index in [2.05, 4.69) is 20.7 Å². The van der Waals surface area contributed by atoms with Crippen molar-refractivity contribution in [3.05, 3.63) is 40.5 Å². The van der Waals surface area contributed by atoms with E-state index >= 15 is 0 Å². The quantitative estimate of drug-likeness (QED) is 0.730. The number of carbonyl (C=O) groups is 2. The number of imide groups is 1. The van der Waals surface area contributed by atoms with Gasteiger partial charge in [-0.25, -0.2) is 9.97 Å². The molecular formula is C16H12N4O2S2. The number of fused-ring (bicyclic) bond motifs is 1. The number of hydrogen-bond acceptors (Lipinski definition) is 7. The van der Waals surface area contributed by atoms with Crippen molar-refractivity contribution in [1.82, 2.24) is 15.3 Å². The fourth-order valence-electron chi connectivity index (χ4n) is 2.65. The highest BCUT2D eigenvalue weighted by Crippen LogP contribution is 2.40. The second-order valence-electron chi connectivity index (χ2n) is 5.31. The van der Waals surface area contributed by atoms with Crippen LogP contribution in [-0.2, 0) is 9.59 Å². The first kappa shape index (κ1) is 15.0. The molecule has 24 heavy (non-hydrogen) atoms. The van der Waals surface area contributed by atoms with Crippen LogP contribution in [0.5, 0.6) is 0 Å². The Bertz CT molecular complexity index is 1000. The number of anilines is 1. The molecule has 1 aliphatic rings. The van der Waals surface area contributed by atoms with Crippen LogP contribution >= 0.6 is 22.7 Å². The molecular weight excluding hydrogens is 344 g/mol. The summed E-state index contributed by atoms with van der Waals surface area (Å²) in [4.78, 5) is 36.1. The van der Waals surface area contributed by atoms with E-state index in [0.717, 1.165) is 20.7 Å². The predicted molar refractivity (Wildman–Crippen MR) is 95.1 cm³/mol. The largest absolute Gasteiger partial charge is 0.324 e. The maximum Gasteiger partial charge on any atom is 0.274 e. The summed E-state index contributed by atoms with van der Waals surface area (Å²) in [5.41, 5.74) is 1.32. The number of thiophene rings is 2. The maximum atomic E-state index is 12.0. The number of hydrogen-bond donors (Lipinski definition) is 1. The van der Waals surface area contributed by atoms with Gasteiger partial charge in [0, 0.05) is 28.9 Å². The molecule has 0 fully saturated rings. The van der Waals surface area contributed by atoms with Crippen LogP contribution in [0.25, 0.3) is 20.7 Å². The Kier molecular flexibility index (Phi) is 3.43. The minimum absolute atomic E-state index is 0.280. The van der Waals surface area contributed by atoms with Crippen LogP contribution in [-0.4, -0.2) is 28.8 Å². The molecule has 0 bridgehead atoms. The number of rotatable bonds is 3. The van der Waals surface area contributed by atoms with Gasteiger partial charge in [0.1, 0.15) is 22.2 Å². The lowest BCUT2D eigenvalue weighted by Gasteiger charge is -2.19. The molecule has 0 radical (unpaired) electrons. The topological polar surface area (TPSA) is 75.2 Å². The van der Waals surface area contributed by atoms with Gasteiger partial charge in [-0.3, -0.25) is 14.9 Å². The number of aromatic nitrogens is 2. The Morgan fingerprint density at radius 1 is 1.21 bits per heavy atom. The van der Waals surface area contributed by atoms with E-state index in [1.807, 2.05) is 24.4 Å². The summed E-state index contributed by atoms with van der Waals surface area (Å²) in [7, 11) is 1.74. The Morgan fingerprint density at radius 2 is 2.04 bits per heavy atom. The highest BCUT2D eigenvalue weighted by Gasteiger charge is 2.27. The van der Waals surface area contributed by atoms with Crippen LogP contribution in [0.1, 0.15) is 5.82 Å². The number of amides is 2. The van der Waals surface area contributed by atoms with Crippen molar-refractivity contribution in [2.24, 2.45) is 0 Å². The molecule has 0 saturated carbocycles. The van der Waals surface area contributed by atoms with Gasteiger partial charge in [-0.1, -0.05) is 6.07 Å².